The number of amides is 2. The van der Waals surface area contributed by atoms with Crippen molar-refractivity contribution in [1.82, 2.24) is 5.32 Å². The van der Waals surface area contributed by atoms with Crippen molar-refractivity contribution in [2.24, 2.45) is 0 Å². The Morgan fingerprint density at radius 2 is 1.60 bits per heavy atom. The standard InChI is InChI=1S/C27H26N2O6/c1-16-10-11-17(26(32)33)12-24(16)29-25(31)13-18(30)14-28-27(34)35-15-23-21-8-4-2-6-19(21)20-7-3-5-9-22(20)23/h2-12,18,23,30H,13-15H2,1H3,(H,28,34)(H,29,31)(H,32,33). The topological polar surface area (TPSA) is 125 Å². The molecule has 1 unspecified atom stereocenters. The molecular formula is C27H26N2O6. The lowest BCUT2D eigenvalue weighted by Crippen LogP contribution is -2.35. The number of carbonyl (C=O) groups excluding carboxylic acids is 2. The number of aliphatic hydroxyl groups excluding tert-OH is 1. The Hall–Kier alpha value is -4.17. The van der Waals surface area contributed by atoms with Gasteiger partial charge in [0.15, 0.2) is 0 Å². The molecule has 4 N–H and O–H groups in total. The summed E-state index contributed by atoms with van der Waals surface area (Å²) in [4.78, 5) is 35.7. The highest BCUT2D eigenvalue weighted by molar-refractivity contribution is 5.95. The number of carboxylic acids is 1. The number of carboxylic acid groups (broad SMARTS) is 1. The minimum Gasteiger partial charge on any atom is -0.478 e. The number of carbonyl (C=O) groups is 3. The van der Waals surface area contributed by atoms with E-state index >= 15 is 0 Å². The maximum Gasteiger partial charge on any atom is 0.407 e. The maximum atomic E-state index is 12.3. The molecule has 0 aromatic heterocycles. The van der Waals surface area contributed by atoms with Crippen LogP contribution >= 0.6 is 0 Å². The first-order chi connectivity index (χ1) is 16.8. The summed E-state index contributed by atoms with van der Waals surface area (Å²) < 4.78 is 5.42. The summed E-state index contributed by atoms with van der Waals surface area (Å²) >= 11 is 0. The normalized spacial score (nSPS) is 12.9. The molecule has 1 atom stereocenters. The second-order valence-corrected chi connectivity index (χ2v) is 8.45. The van der Waals surface area contributed by atoms with Crippen molar-refractivity contribution < 1.29 is 29.3 Å². The van der Waals surface area contributed by atoms with E-state index in [1.54, 1.807) is 13.0 Å². The summed E-state index contributed by atoms with van der Waals surface area (Å²) in [5.41, 5.74) is 5.54. The Kier molecular flexibility index (Phi) is 7.12. The summed E-state index contributed by atoms with van der Waals surface area (Å²) in [6.45, 7) is 1.71. The van der Waals surface area contributed by atoms with Gasteiger partial charge in [-0.1, -0.05) is 54.6 Å². The van der Waals surface area contributed by atoms with Crippen LogP contribution in [0.4, 0.5) is 10.5 Å². The zero-order chi connectivity index (χ0) is 24.9. The molecule has 0 saturated heterocycles. The summed E-state index contributed by atoms with van der Waals surface area (Å²) in [6, 6.07) is 20.4. The molecule has 3 aromatic rings. The Morgan fingerprint density at radius 3 is 2.23 bits per heavy atom. The van der Waals surface area contributed by atoms with Crippen LogP contribution in [0.25, 0.3) is 11.1 Å². The van der Waals surface area contributed by atoms with Crippen LogP contribution in [-0.4, -0.2) is 47.4 Å². The van der Waals surface area contributed by atoms with Gasteiger partial charge >= 0.3 is 12.1 Å². The van der Waals surface area contributed by atoms with Gasteiger partial charge in [-0.2, -0.15) is 0 Å². The first kappa shape index (κ1) is 24.0. The van der Waals surface area contributed by atoms with Gasteiger partial charge in [0.05, 0.1) is 18.1 Å². The van der Waals surface area contributed by atoms with E-state index in [1.807, 2.05) is 36.4 Å². The molecule has 0 fully saturated rings. The van der Waals surface area contributed by atoms with Gasteiger partial charge in [0.2, 0.25) is 5.91 Å². The second kappa shape index (κ2) is 10.4. The van der Waals surface area contributed by atoms with Crippen LogP contribution in [0.1, 0.15) is 39.4 Å². The van der Waals surface area contributed by atoms with Crippen molar-refractivity contribution in [2.45, 2.75) is 25.4 Å². The van der Waals surface area contributed by atoms with Crippen LogP contribution in [0.3, 0.4) is 0 Å². The van der Waals surface area contributed by atoms with Gasteiger partial charge in [0.25, 0.3) is 0 Å². The Bertz CT molecular complexity index is 1230. The van der Waals surface area contributed by atoms with Gasteiger partial charge in [-0.3, -0.25) is 4.79 Å². The highest BCUT2D eigenvalue weighted by atomic mass is 16.5. The lowest BCUT2D eigenvalue weighted by Gasteiger charge is -2.16. The number of anilines is 1. The summed E-state index contributed by atoms with van der Waals surface area (Å²) in [5.74, 6) is -1.68. The highest BCUT2D eigenvalue weighted by Crippen LogP contribution is 2.44. The average Bonchev–Trinajstić information content (AvgIpc) is 3.16. The zero-order valence-electron chi connectivity index (χ0n) is 19.2. The van der Waals surface area contributed by atoms with Gasteiger partial charge in [-0.15, -0.1) is 0 Å². The van der Waals surface area contributed by atoms with E-state index < -0.39 is 24.1 Å². The van der Waals surface area contributed by atoms with Crippen molar-refractivity contribution in [3.8, 4) is 11.1 Å². The van der Waals surface area contributed by atoms with Gasteiger partial charge in [-0.05, 0) is 46.9 Å². The molecule has 180 valence electrons. The molecule has 1 aliphatic rings. The highest BCUT2D eigenvalue weighted by Gasteiger charge is 2.29. The number of ether oxygens (including phenoxy) is 1. The average molecular weight is 475 g/mol. The van der Waals surface area contributed by atoms with E-state index in [9.17, 15) is 19.5 Å². The van der Waals surface area contributed by atoms with Crippen molar-refractivity contribution in [2.75, 3.05) is 18.5 Å². The Balaban J connectivity index is 1.26. The van der Waals surface area contributed by atoms with Crippen LogP contribution in [-0.2, 0) is 9.53 Å². The molecule has 8 heteroatoms. The molecule has 2 amide bonds. The lowest BCUT2D eigenvalue weighted by atomic mass is 9.98. The number of benzene rings is 3. The van der Waals surface area contributed by atoms with Crippen LogP contribution in [0.2, 0.25) is 0 Å². The number of alkyl carbamates (subject to hydrolysis) is 1. The van der Waals surface area contributed by atoms with E-state index in [2.05, 4.69) is 22.8 Å². The molecule has 0 saturated carbocycles. The van der Waals surface area contributed by atoms with Crippen molar-refractivity contribution in [3.63, 3.8) is 0 Å². The predicted molar refractivity (Wildman–Crippen MR) is 130 cm³/mol. The third-order valence-corrected chi connectivity index (χ3v) is 6.01. The number of fused-ring (bicyclic) bond motifs is 3. The van der Waals surface area contributed by atoms with E-state index in [1.165, 1.54) is 12.1 Å². The monoisotopic (exact) mass is 474 g/mol. The second-order valence-electron chi connectivity index (χ2n) is 8.45. The van der Waals surface area contributed by atoms with Gasteiger partial charge in [0.1, 0.15) is 6.61 Å². The number of hydrogen-bond donors (Lipinski definition) is 4. The first-order valence-electron chi connectivity index (χ1n) is 11.2. The van der Waals surface area contributed by atoms with Crippen molar-refractivity contribution >= 4 is 23.7 Å². The van der Waals surface area contributed by atoms with Crippen molar-refractivity contribution in [3.05, 3.63) is 89.0 Å². The molecule has 0 heterocycles. The van der Waals surface area contributed by atoms with Gasteiger partial charge in [0, 0.05) is 18.2 Å². The minimum absolute atomic E-state index is 0.0448. The SMILES string of the molecule is Cc1ccc(C(=O)O)cc1NC(=O)CC(O)CNC(=O)OCC1c2ccccc2-c2ccccc21. The Labute approximate surface area is 202 Å². The fourth-order valence-electron chi connectivity index (χ4n) is 4.23. The van der Waals surface area contributed by atoms with Gasteiger partial charge in [-0.25, -0.2) is 9.59 Å². The van der Waals surface area contributed by atoms with E-state index in [0.29, 0.717) is 11.3 Å². The first-order valence-corrected chi connectivity index (χ1v) is 11.2. The largest absolute Gasteiger partial charge is 0.478 e. The fourth-order valence-corrected chi connectivity index (χ4v) is 4.23. The van der Waals surface area contributed by atoms with Crippen molar-refractivity contribution in [1.29, 1.82) is 0 Å². The minimum atomic E-state index is -1.14. The van der Waals surface area contributed by atoms with Crippen LogP contribution in [0.5, 0.6) is 0 Å². The number of aliphatic hydroxyl groups is 1. The molecule has 0 radical (unpaired) electrons. The third kappa shape index (κ3) is 5.50. The fraction of sp³-hybridized carbons (Fsp3) is 0.222. The van der Waals surface area contributed by atoms with Crippen LogP contribution < -0.4 is 10.6 Å². The maximum absolute atomic E-state index is 12.3. The van der Waals surface area contributed by atoms with E-state index in [-0.39, 0.29) is 31.1 Å². The third-order valence-electron chi connectivity index (χ3n) is 6.01. The molecule has 1 aliphatic carbocycles. The molecular weight excluding hydrogens is 448 g/mol. The number of nitrogens with one attached hydrogen (secondary N) is 2. The quantitative estimate of drug-likeness (QED) is 0.392. The summed E-state index contributed by atoms with van der Waals surface area (Å²) in [5, 5.41) is 24.4. The van der Waals surface area contributed by atoms with E-state index in [0.717, 1.165) is 22.3 Å². The molecule has 0 aliphatic heterocycles. The molecule has 4 rings (SSSR count). The molecule has 35 heavy (non-hydrogen) atoms. The predicted octanol–water partition coefficient (Wildman–Crippen LogP) is 3.92. The van der Waals surface area contributed by atoms with E-state index in [4.69, 9.17) is 9.84 Å². The molecule has 0 spiro atoms. The summed E-state index contributed by atoms with van der Waals surface area (Å²) in [7, 11) is 0. The Morgan fingerprint density at radius 1 is 0.971 bits per heavy atom. The number of hydrogen-bond acceptors (Lipinski definition) is 5. The lowest BCUT2D eigenvalue weighted by molar-refractivity contribution is -0.118. The molecule has 0 bridgehead atoms. The summed E-state index contributed by atoms with van der Waals surface area (Å²) in [6.07, 6.45) is -2.10. The molecule has 3 aromatic carbocycles. The molecule has 8 nitrogen and oxygen atoms in total. The number of rotatable bonds is 8. The van der Waals surface area contributed by atoms with Crippen LogP contribution in [0.15, 0.2) is 66.7 Å². The van der Waals surface area contributed by atoms with Crippen LogP contribution in [0, 0.1) is 6.92 Å². The smallest absolute Gasteiger partial charge is 0.407 e. The van der Waals surface area contributed by atoms with Gasteiger partial charge < -0.3 is 25.6 Å². The number of aromatic carboxylic acids is 1. The number of aryl methyl sites for hydroxylation is 1. The zero-order valence-corrected chi connectivity index (χ0v) is 19.2.